The fraction of sp³-hybridized carbons (Fsp3) is 0.800. The molecule has 0 spiro atoms. The van der Waals surface area contributed by atoms with Gasteiger partial charge in [-0.15, -0.1) is 0 Å². The van der Waals surface area contributed by atoms with E-state index in [9.17, 15) is 24.0 Å². The first kappa shape index (κ1) is 56.3. The number of aldehydes is 1. The summed E-state index contributed by atoms with van der Waals surface area (Å²) in [6, 6.07) is 0. The first-order valence-electron chi connectivity index (χ1n) is 19.1. The molecule has 0 aromatic heterocycles. The molecule has 1 atom stereocenters. The molecule has 0 saturated heterocycles. The smallest absolute Gasteiger partial charge is 0.311 e. The van der Waals surface area contributed by atoms with Crippen LogP contribution in [0.2, 0.25) is 0 Å². The van der Waals surface area contributed by atoms with Crippen LogP contribution in [0, 0.1) is 0 Å². The maximum atomic E-state index is 11.9. The van der Waals surface area contributed by atoms with E-state index < -0.39 is 11.9 Å². The van der Waals surface area contributed by atoms with Crippen molar-refractivity contribution in [2.24, 2.45) is 0 Å². The molecule has 0 aliphatic carbocycles. The maximum Gasteiger partial charge on any atom is 0.311 e. The van der Waals surface area contributed by atoms with Crippen molar-refractivity contribution in [3.05, 3.63) is 12.5 Å². The summed E-state index contributed by atoms with van der Waals surface area (Å²) in [7, 11) is 0. The summed E-state index contributed by atoms with van der Waals surface area (Å²) in [5, 5.41) is 35.0. The standard InChI is InChI=1S/C35H60O22S2/c1-31(44-22-23-47-34(40)12-28-58-26-10-32(38)45-20-18-42-16-9-7-5-3-2-4-6-8-14-36)30-43-19-21-46-33(39)11-27-59-29-13-35(41)48-24-25-50-52-54-56-57-55-53-51-49-17-15-37/h14,24-25,31,37H,2-13,15-23,26-30H2,1H3/b25-24+. The summed E-state index contributed by atoms with van der Waals surface area (Å²) < 4.78 is 36.7. The van der Waals surface area contributed by atoms with Crippen LogP contribution in [0.15, 0.2) is 12.5 Å². The maximum absolute atomic E-state index is 11.9. The molecule has 1 unspecified atom stereocenters. The summed E-state index contributed by atoms with van der Waals surface area (Å²) in [5.41, 5.74) is 0. The summed E-state index contributed by atoms with van der Waals surface area (Å²) in [6.07, 6.45) is 11.4. The van der Waals surface area contributed by atoms with Gasteiger partial charge in [-0.2, -0.15) is 23.5 Å². The highest BCUT2D eigenvalue weighted by atomic mass is 32.2. The van der Waals surface area contributed by atoms with Crippen LogP contribution < -0.4 is 0 Å². The van der Waals surface area contributed by atoms with Crippen molar-refractivity contribution in [3.8, 4) is 0 Å². The van der Waals surface area contributed by atoms with Gasteiger partial charge < -0.3 is 47.9 Å². The van der Waals surface area contributed by atoms with Crippen molar-refractivity contribution < 1.29 is 107 Å². The minimum atomic E-state index is -0.573. The lowest BCUT2D eigenvalue weighted by molar-refractivity contribution is -0.829. The number of carbonyl (C=O) groups is 5. The molecular weight excluding hydrogens is 836 g/mol. The van der Waals surface area contributed by atoms with Gasteiger partial charge in [-0.25, -0.2) is 4.89 Å². The van der Waals surface area contributed by atoms with Gasteiger partial charge >= 0.3 is 23.9 Å². The van der Waals surface area contributed by atoms with Gasteiger partial charge in [-0.1, -0.05) is 32.1 Å². The third kappa shape index (κ3) is 46.2. The van der Waals surface area contributed by atoms with Gasteiger partial charge in [0.15, 0.2) is 6.26 Å². The second-order valence-electron chi connectivity index (χ2n) is 11.6. The highest BCUT2D eigenvalue weighted by Crippen LogP contribution is 2.09. The number of hydrogen-bond acceptors (Lipinski definition) is 24. The predicted molar refractivity (Wildman–Crippen MR) is 203 cm³/mol. The largest absolute Gasteiger partial charge is 0.463 e. The number of carbonyl (C=O) groups excluding carboxylic acids is 5. The van der Waals surface area contributed by atoms with Crippen LogP contribution in [0.4, 0.5) is 0 Å². The Morgan fingerprint density at radius 1 is 0.542 bits per heavy atom. The van der Waals surface area contributed by atoms with Crippen molar-refractivity contribution in [2.45, 2.75) is 90.1 Å². The molecule has 24 heteroatoms. The molecule has 0 heterocycles. The van der Waals surface area contributed by atoms with E-state index in [4.69, 9.17) is 38.3 Å². The second kappa shape index (κ2) is 46.4. The van der Waals surface area contributed by atoms with Crippen molar-refractivity contribution in [1.82, 2.24) is 0 Å². The molecular formula is C35H60O22S2. The lowest BCUT2D eigenvalue weighted by atomic mass is 10.1. The minimum Gasteiger partial charge on any atom is -0.463 e. The third-order valence-corrected chi connectivity index (χ3v) is 8.71. The Kier molecular flexibility index (Phi) is 44.3. The quantitative estimate of drug-likeness (QED) is 0.0173. The third-order valence-electron chi connectivity index (χ3n) is 6.73. The van der Waals surface area contributed by atoms with E-state index in [1.165, 1.54) is 29.9 Å². The van der Waals surface area contributed by atoms with Crippen molar-refractivity contribution >= 4 is 53.7 Å². The van der Waals surface area contributed by atoms with E-state index in [2.05, 4.69) is 45.0 Å². The van der Waals surface area contributed by atoms with Crippen molar-refractivity contribution in [1.29, 1.82) is 0 Å². The van der Waals surface area contributed by atoms with E-state index in [1.807, 2.05) is 0 Å². The monoisotopic (exact) mass is 896 g/mol. The van der Waals surface area contributed by atoms with Crippen LogP contribution in [-0.2, 0) is 102 Å². The highest BCUT2D eigenvalue weighted by molar-refractivity contribution is 7.99. The fourth-order valence-electron chi connectivity index (χ4n) is 3.96. The molecule has 0 saturated carbocycles. The van der Waals surface area contributed by atoms with E-state index in [1.54, 1.807) is 6.92 Å². The number of rotatable bonds is 46. The van der Waals surface area contributed by atoms with Crippen LogP contribution >= 0.6 is 23.5 Å². The summed E-state index contributed by atoms with van der Waals surface area (Å²) in [4.78, 5) is 66.1. The fourth-order valence-corrected chi connectivity index (χ4v) is 5.62. The molecule has 0 fully saturated rings. The summed E-state index contributed by atoms with van der Waals surface area (Å²) >= 11 is 2.83. The predicted octanol–water partition coefficient (Wildman–Crippen LogP) is 3.88. The molecule has 344 valence electrons. The first-order chi connectivity index (χ1) is 28.9. The van der Waals surface area contributed by atoms with Crippen molar-refractivity contribution in [3.63, 3.8) is 0 Å². The number of esters is 4. The number of unbranched alkanes of at least 4 members (excludes halogenated alkanes) is 7. The molecule has 0 aliphatic heterocycles. The summed E-state index contributed by atoms with van der Waals surface area (Å²) in [5.74, 6) is 0.280. The molecule has 0 rings (SSSR count). The average molecular weight is 897 g/mol. The number of ether oxygens (including phenoxy) is 7. The van der Waals surface area contributed by atoms with Crippen LogP contribution in [-0.4, -0.2) is 130 Å². The van der Waals surface area contributed by atoms with E-state index in [0.29, 0.717) is 42.6 Å². The van der Waals surface area contributed by atoms with Crippen LogP contribution in [0.1, 0.15) is 84.0 Å². The molecule has 1 N–H and O–H groups in total. The number of hydrogen-bond donors (Lipinski definition) is 1. The Morgan fingerprint density at radius 2 is 1.05 bits per heavy atom. The van der Waals surface area contributed by atoms with E-state index in [-0.39, 0.29) is 96.6 Å². The Balaban J connectivity index is 3.48. The Morgan fingerprint density at radius 3 is 1.64 bits per heavy atom. The molecule has 22 nitrogen and oxygen atoms in total. The molecule has 0 amide bonds. The van der Waals surface area contributed by atoms with E-state index >= 15 is 0 Å². The number of aliphatic hydroxyl groups is 1. The molecule has 59 heavy (non-hydrogen) atoms. The lowest BCUT2D eigenvalue weighted by Gasteiger charge is -2.13. The number of thioether (sulfide) groups is 2. The second-order valence-corrected chi connectivity index (χ2v) is 14.0. The zero-order valence-electron chi connectivity index (χ0n) is 33.5. The Hall–Kier alpha value is -2.69. The van der Waals surface area contributed by atoms with E-state index in [0.717, 1.165) is 57.3 Å². The summed E-state index contributed by atoms with van der Waals surface area (Å²) in [6.45, 7) is 3.36. The van der Waals surface area contributed by atoms with Crippen molar-refractivity contribution in [2.75, 3.05) is 89.1 Å². The van der Waals surface area contributed by atoms with Gasteiger partial charge in [0, 0.05) is 56.2 Å². The molecule has 0 aromatic carbocycles. The van der Waals surface area contributed by atoms with Gasteiger partial charge in [0.1, 0.15) is 39.0 Å². The Labute approximate surface area is 352 Å². The van der Waals surface area contributed by atoms with Gasteiger partial charge in [-0.3, -0.25) is 19.2 Å². The van der Waals surface area contributed by atoms with Gasteiger partial charge in [-0.05, 0) is 34.9 Å². The zero-order chi connectivity index (χ0) is 43.1. The van der Waals surface area contributed by atoms with Gasteiger partial charge in [0.2, 0.25) is 0 Å². The average Bonchev–Trinajstić information content (AvgIpc) is 3.22. The minimum absolute atomic E-state index is 0.0586. The SMILES string of the molecule is CC(COCCOC(=O)CCSCCC(=O)O/C=C/OOOOOOOOOCCO)OCCOC(=O)CCSCCC(=O)OCCOCCCCCCCCCC=O. The number of aliphatic hydroxyl groups excluding tert-OH is 1. The van der Waals surface area contributed by atoms with Crippen LogP contribution in [0.25, 0.3) is 0 Å². The van der Waals surface area contributed by atoms with Gasteiger partial charge in [0.05, 0.1) is 64.8 Å². The molecule has 0 bridgehead atoms. The zero-order valence-corrected chi connectivity index (χ0v) is 35.2. The van der Waals surface area contributed by atoms with Gasteiger partial charge in [0.25, 0.3) is 0 Å². The molecule has 0 aromatic rings. The normalized spacial score (nSPS) is 11.7. The highest BCUT2D eigenvalue weighted by Gasteiger charge is 2.09. The van der Waals surface area contributed by atoms with Crippen LogP contribution in [0.5, 0.6) is 0 Å². The molecule has 0 aliphatic rings. The lowest BCUT2D eigenvalue weighted by Crippen LogP contribution is -2.21. The van der Waals surface area contributed by atoms with Crippen LogP contribution in [0.3, 0.4) is 0 Å². The first-order valence-corrected chi connectivity index (χ1v) is 21.4. The Bertz CT molecular complexity index is 1040. The molecule has 0 radical (unpaired) electrons. The topological polar surface area (TPSA) is 253 Å².